The van der Waals surface area contributed by atoms with E-state index in [0.717, 1.165) is 28.4 Å². The van der Waals surface area contributed by atoms with Gasteiger partial charge in [-0.15, -0.1) is 0 Å². The number of benzene rings is 1. The van der Waals surface area contributed by atoms with Gasteiger partial charge in [-0.3, -0.25) is 4.98 Å². The van der Waals surface area contributed by atoms with Crippen LogP contribution in [0.5, 0.6) is 11.5 Å². The van der Waals surface area contributed by atoms with Gasteiger partial charge in [-0.2, -0.15) is 0 Å². The molecule has 5 heteroatoms. The molecule has 106 valence electrons. The van der Waals surface area contributed by atoms with Crippen LogP contribution in [0.1, 0.15) is 11.3 Å². The summed E-state index contributed by atoms with van der Waals surface area (Å²) in [5, 5.41) is 3.33. The Morgan fingerprint density at radius 1 is 1.20 bits per heavy atom. The van der Waals surface area contributed by atoms with Gasteiger partial charge in [0.15, 0.2) is 0 Å². The highest BCUT2D eigenvalue weighted by molar-refractivity contribution is 5.49. The Morgan fingerprint density at radius 3 is 2.75 bits per heavy atom. The Bertz CT molecular complexity index is 573. The topological polar surface area (TPSA) is 69.4 Å². The minimum absolute atomic E-state index is 0.406. The molecule has 0 aliphatic carbocycles. The molecule has 2 aromatic rings. The van der Waals surface area contributed by atoms with Gasteiger partial charge in [-0.05, 0) is 24.3 Å². The third-order valence-electron chi connectivity index (χ3n) is 3.05. The monoisotopic (exact) mass is 273 g/mol. The van der Waals surface area contributed by atoms with E-state index in [0.29, 0.717) is 13.1 Å². The average Bonchev–Trinajstić information content (AvgIpc) is 2.52. The maximum atomic E-state index is 5.67. The Balaban J connectivity index is 2.14. The first-order valence-electron chi connectivity index (χ1n) is 6.37. The van der Waals surface area contributed by atoms with Gasteiger partial charge in [0.1, 0.15) is 11.5 Å². The SMILES string of the molecule is COc1ccc(CNc2cccnc2CN)c(OC)c1. The number of hydrogen-bond acceptors (Lipinski definition) is 5. The van der Waals surface area contributed by atoms with Crippen molar-refractivity contribution < 1.29 is 9.47 Å². The number of pyridine rings is 1. The zero-order valence-electron chi connectivity index (χ0n) is 11.7. The molecule has 0 unspecified atom stereocenters. The van der Waals surface area contributed by atoms with Crippen LogP contribution in [0.2, 0.25) is 0 Å². The number of ether oxygens (including phenoxy) is 2. The van der Waals surface area contributed by atoms with Crippen LogP contribution in [-0.2, 0) is 13.1 Å². The summed E-state index contributed by atoms with van der Waals surface area (Å²) in [5.74, 6) is 1.56. The highest BCUT2D eigenvalue weighted by Crippen LogP contribution is 2.25. The van der Waals surface area contributed by atoms with Crippen LogP contribution >= 0.6 is 0 Å². The van der Waals surface area contributed by atoms with Crippen molar-refractivity contribution in [3.63, 3.8) is 0 Å². The second kappa shape index (κ2) is 6.77. The molecule has 0 saturated heterocycles. The average molecular weight is 273 g/mol. The molecule has 2 rings (SSSR count). The van der Waals surface area contributed by atoms with Crippen LogP contribution in [0.25, 0.3) is 0 Å². The molecule has 0 amide bonds. The summed E-state index contributed by atoms with van der Waals surface area (Å²) in [7, 11) is 3.28. The van der Waals surface area contributed by atoms with Gasteiger partial charge in [-0.1, -0.05) is 0 Å². The van der Waals surface area contributed by atoms with Gasteiger partial charge in [0.2, 0.25) is 0 Å². The van der Waals surface area contributed by atoms with Crippen LogP contribution in [0.15, 0.2) is 36.5 Å². The van der Waals surface area contributed by atoms with Crippen molar-refractivity contribution in [2.75, 3.05) is 19.5 Å². The van der Waals surface area contributed by atoms with Crippen molar-refractivity contribution in [1.29, 1.82) is 0 Å². The Morgan fingerprint density at radius 2 is 2.05 bits per heavy atom. The van der Waals surface area contributed by atoms with Gasteiger partial charge in [0.05, 0.1) is 25.6 Å². The van der Waals surface area contributed by atoms with Crippen molar-refractivity contribution in [1.82, 2.24) is 4.98 Å². The second-order valence-electron chi connectivity index (χ2n) is 4.23. The number of nitrogens with two attached hydrogens (primary N) is 1. The molecule has 0 aliphatic heterocycles. The van der Waals surface area contributed by atoms with Crippen molar-refractivity contribution in [3.8, 4) is 11.5 Å². The smallest absolute Gasteiger partial charge is 0.127 e. The highest BCUT2D eigenvalue weighted by atomic mass is 16.5. The highest BCUT2D eigenvalue weighted by Gasteiger charge is 2.06. The van der Waals surface area contributed by atoms with E-state index in [4.69, 9.17) is 15.2 Å². The van der Waals surface area contributed by atoms with Gasteiger partial charge in [-0.25, -0.2) is 0 Å². The van der Waals surface area contributed by atoms with E-state index in [-0.39, 0.29) is 0 Å². The molecular weight excluding hydrogens is 254 g/mol. The predicted molar refractivity (Wildman–Crippen MR) is 79.0 cm³/mol. The lowest BCUT2D eigenvalue weighted by Crippen LogP contribution is -2.08. The van der Waals surface area contributed by atoms with Gasteiger partial charge >= 0.3 is 0 Å². The molecule has 1 aromatic carbocycles. The lowest BCUT2D eigenvalue weighted by atomic mass is 10.2. The number of methoxy groups -OCH3 is 2. The second-order valence-corrected chi connectivity index (χ2v) is 4.23. The Labute approximate surface area is 118 Å². The molecule has 0 radical (unpaired) electrons. The quantitative estimate of drug-likeness (QED) is 0.844. The summed E-state index contributed by atoms with van der Waals surface area (Å²) < 4.78 is 10.6. The zero-order valence-corrected chi connectivity index (χ0v) is 11.7. The first kappa shape index (κ1) is 14.1. The summed E-state index contributed by atoms with van der Waals surface area (Å²) in [6.45, 7) is 1.04. The number of aromatic nitrogens is 1. The first-order chi connectivity index (χ1) is 9.78. The molecule has 0 aliphatic rings. The Kier molecular flexibility index (Phi) is 4.79. The molecule has 0 bridgehead atoms. The van der Waals surface area contributed by atoms with Crippen LogP contribution in [0, 0.1) is 0 Å². The summed E-state index contributed by atoms with van der Waals surface area (Å²) in [4.78, 5) is 4.24. The van der Waals surface area contributed by atoms with E-state index in [1.54, 1.807) is 20.4 Å². The molecule has 0 saturated carbocycles. The fourth-order valence-corrected chi connectivity index (χ4v) is 1.95. The molecule has 0 fully saturated rings. The molecule has 20 heavy (non-hydrogen) atoms. The summed E-state index contributed by atoms with van der Waals surface area (Å²) in [5.41, 5.74) is 8.50. The Hall–Kier alpha value is -2.27. The van der Waals surface area contributed by atoms with E-state index >= 15 is 0 Å². The number of rotatable bonds is 6. The van der Waals surface area contributed by atoms with E-state index in [9.17, 15) is 0 Å². The van der Waals surface area contributed by atoms with Gasteiger partial charge in [0, 0.05) is 30.9 Å². The minimum atomic E-state index is 0.406. The fourth-order valence-electron chi connectivity index (χ4n) is 1.95. The molecule has 0 atom stereocenters. The van der Waals surface area contributed by atoms with Crippen molar-refractivity contribution in [2.45, 2.75) is 13.1 Å². The van der Waals surface area contributed by atoms with E-state index in [1.807, 2.05) is 30.3 Å². The van der Waals surface area contributed by atoms with Gasteiger partial charge < -0.3 is 20.5 Å². The number of nitrogens with zero attached hydrogens (tertiary/aromatic N) is 1. The normalized spacial score (nSPS) is 10.2. The summed E-state index contributed by atoms with van der Waals surface area (Å²) in [6, 6.07) is 9.60. The first-order valence-corrected chi connectivity index (χ1v) is 6.37. The standard InChI is InChI=1S/C15H19N3O2/c1-19-12-6-5-11(15(8-12)20-2)10-18-13-4-3-7-17-14(13)9-16/h3-8,18H,9-10,16H2,1-2H3. The lowest BCUT2D eigenvalue weighted by Gasteiger charge is -2.13. The van der Waals surface area contributed by atoms with E-state index in [2.05, 4.69) is 10.3 Å². The van der Waals surface area contributed by atoms with Gasteiger partial charge in [0.25, 0.3) is 0 Å². The molecule has 3 N–H and O–H groups in total. The maximum Gasteiger partial charge on any atom is 0.127 e. The molecule has 1 aromatic heterocycles. The van der Waals surface area contributed by atoms with Crippen molar-refractivity contribution in [3.05, 3.63) is 47.8 Å². The van der Waals surface area contributed by atoms with Crippen LogP contribution in [0.4, 0.5) is 5.69 Å². The largest absolute Gasteiger partial charge is 0.497 e. The van der Waals surface area contributed by atoms with E-state index < -0.39 is 0 Å². The third-order valence-corrected chi connectivity index (χ3v) is 3.05. The predicted octanol–water partition coefficient (Wildman–Crippen LogP) is 2.17. The van der Waals surface area contributed by atoms with Crippen LogP contribution < -0.4 is 20.5 Å². The van der Waals surface area contributed by atoms with Crippen molar-refractivity contribution >= 4 is 5.69 Å². The zero-order chi connectivity index (χ0) is 14.4. The lowest BCUT2D eigenvalue weighted by molar-refractivity contribution is 0.391. The summed E-state index contributed by atoms with van der Waals surface area (Å²) in [6.07, 6.45) is 1.74. The summed E-state index contributed by atoms with van der Waals surface area (Å²) >= 11 is 0. The van der Waals surface area contributed by atoms with Crippen LogP contribution in [-0.4, -0.2) is 19.2 Å². The third kappa shape index (κ3) is 3.19. The van der Waals surface area contributed by atoms with Crippen molar-refractivity contribution in [2.24, 2.45) is 5.73 Å². The fraction of sp³-hybridized carbons (Fsp3) is 0.267. The number of anilines is 1. The number of hydrogen-bond donors (Lipinski definition) is 2. The molecule has 0 spiro atoms. The molecule has 5 nitrogen and oxygen atoms in total. The maximum absolute atomic E-state index is 5.67. The number of nitrogens with one attached hydrogen (secondary N) is 1. The molecule has 1 heterocycles. The molecular formula is C15H19N3O2. The van der Waals surface area contributed by atoms with E-state index in [1.165, 1.54) is 0 Å². The van der Waals surface area contributed by atoms with Crippen LogP contribution in [0.3, 0.4) is 0 Å². The minimum Gasteiger partial charge on any atom is -0.497 e.